The highest BCUT2D eigenvalue weighted by molar-refractivity contribution is 5.81. The first-order valence-electron chi connectivity index (χ1n) is 8.82. The number of ether oxygens (including phenoxy) is 2. The second kappa shape index (κ2) is 8.20. The van der Waals surface area contributed by atoms with Crippen LogP contribution in [0.25, 0.3) is 16.8 Å². The van der Waals surface area contributed by atoms with Crippen LogP contribution in [0.4, 0.5) is 5.82 Å². The number of anilines is 1. The first kappa shape index (κ1) is 19.5. The van der Waals surface area contributed by atoms with E-state index in [4.69, 9.17) is 15.2 Å². The Morgan fingerprint density at radius 2 is 1.55 bits per heavy atom. The molecular formula is C22H18N4O3. The smallest absolute Gasteiger partial charge is 0.275 e. The average Bonchev–Trinajstić information content (AvgIpc) is 2.75. The molecule has 1 aromatic heterocycles. The van der Waals surface area contributed by atoms with Crippen LogP contribution in [0, 0.1) is 22.7 Å². The van der Waals surface area contributed by atoms with E-state index < -0.39 is 5.56 Å². The Morgan fingerprint density at radius 1 is 0.966 bits per heavy atom. The fraction of sp³-hybridized carbons (Fsp3) is 0.136. The van der Waals surface area contributed by atoms with Crippen molar-refractivity contribution in [1.29, 1.82) is 10.5 Å². The molecule has 0 fully saturated rings. The molecule has 3 aromatic rings. The lowest BCUT2D eigenvalue weighted by molar-refractivity contribution is 0.340. The molecule has 0 atom stereocenters. The molecule has 0 amide bonds. The van der Waals surface area contributed by atoms with Crippen molar-refractivity contribution in [1.82, 2.24) is 4.57 Å². The number of nitriles is 2. The zero-order valence-corrected chi connectivity index (χ0v) is 16.0. The van der Waals surface area contributed by atoms with Crippen LogP contribution < -0.4 is 20.8 Å². The van der Waals surface area contributed by atoms with Crippen LogP contribution in [0.5, 0.6) is 11.5 Å². The van der Waals surface area contributed by atoms with Crippen molar-refractivity contribution >= 4 is 5.82 Å². The molecular weight excluding hydrogens is 368 g/mol. The summed E-state index contributed by atoms with van der Waals surface area (Å²) >= 11 is 0. The minimum Gasteiger partial charge on any atom is -0.497 e. The van der Waals surface area contributed by atoms with Gasteiger partial charge >= 0.3 is 0 Å². The lowest BCUT2D eigenvalue weighted by atomic mass is 9.96. The van der Waals surface area contributed by atoms with Crippen molar-refractivity contribution in [2.75, 3.05) is 19.5 Å². The van der Waals surface area contributed by atoms with Gasteiger partial charge in [0, 0.05) is 5.56 Å². The number of rotatable bonds is 5. The van der Waals surface area contributed by atoms with E-state index in [9.17, 15) is 15.3 Å². The topological polar surface area (TPSA) is 114 Å². The molecule has 0 aliphatic rings. The molecule has 3 rings (SSSR count). The highest BCUT2D eigenvalue weighted by Gasteiger charge is 2.22. The van der Waals surface area contributed by atoms with Crippen molar-refractivity contribution in [3.05, 3.63) is 70.0 Å². The molecule has 7 heteroatoms. The van der Waals surface area contributed by atoms with E-state index in [2.05, 4.69) is 0 Å². The SMILES string of the molecule is CCOc1ccc(-c2c(C#N)c(N)n(-c3ccc(OC)cc3)c(=O)c2C#N)cc1. The van der Waals surface area contributed by atoms with E-state index in [0.29, 0.717) is 29.4 Å². The quantitative estimate of drug-likeness (QED) is 0.720. The molecule has 0 radical (unpaired) electrons. The summed E-state index contributed by atoms with van der Waals surface area (Å²) in [5.41, 5.74) is 6.69. The van der Waals surface area contributed by atoms with Gasteiger partial charge in [-0.2, -0.15) is 10.5 Å². The molecule has 0 saturated carbocycles. The molecule has 1 heterocycles. The fourth-order valence-corrected chi connectivity index (χ4v) is 3.07. The van der Waals surface area contributed by atoms with Crippen molar-refractivity contribution in [3.8, 4) is 40.5 Å². The minimum atomic E-state index is -0.599. The van der Waals surface area contributed by atoms with Gasteiger partial charge in [0.15, 0.2) is 0 Å². The van der Waals surface area contributed by atoms with Gasteiger partial charge in [-0.15, -0.1) is 0 Å². The maximum atomic E-state index is 13.1. The number of aromatic nitrogens is 1. The summed E-state index contributed by atoms with van der Waals surface area (Å²) in [6, 6.07) is 17.4. The average molecular weight is 386 g/mol. The van der Waals surface area contributed by atoms with E-state index in [1.54, 1.807) is 48.5 Å². The van der Waals surface area contributed by atoms with Crippen LogP contribution in [0.15, 0.2) is 53.3 Å². The molecule has 29 heavy (non-hydrogen) atoms. The van der Waals surface area contributed by atoms with Gasteiger partial charge in [0.1, 0.15) is 40.6 Å². The molecule has 0 saturated heterocycles. The summed E-state index contributed by atoms with van der Waals surface area (Å²) in [6.45, 7) is 2.38. The summed E-state index contributed by atoms with van der Waals surface area (Å²) in [5, 5.41) is 19.5. The number of nitrogen functional groups attached to an aromatic ring is 1. The van der Waals surface area contributed by atoms with Crippen molar-refractivity contribution in [3.63, 3.8) is 0 Å². The molecule has 0 unspecified atom stereocenters. The van der Waals surface area contributed by atoms with Gasteiger partial charge in [-0.1, -0.05) is 12.1 Å². The lowest BCUT2D eigenvalue weighted by Crippen LogP contribution is -2.26. The Hall–Kier alpha value is -4.23. The Kier molecular flexibility index (Phi) is 5.52. The third-order valence-electron chi connectivity index (χ3n) is 4.42. The minimum absolute atomic E-state index is 0.0365. The zero-order chi connectivity index (χ0) is 21.0. The van der Waals surface area contributed by atoms with Crippen LogP contribution in [0.1, 0.15) is 18.1 Å². The van der Waals surface area contributed by atoms with Crippen LogP contribution in [0.2, 0.25) is 0 Å². The van der Waals surface area contributed by atoms with Crippen molar-refractivity contribution < 1.29 is 9.47 Å². The second-order valence-electron chi connectivity index (χ2n) is 6.03. The van der Waals surface area contributed by atoms with Gasteiger partial charge in [-0.25, -0.2) is 0 Å². The van der Waals surface area contributed by atoms with Crippen LogP contribution in [0.3, 0.4) is 0 Å². The van der Waals surface area contributed by atoms with Crippen molar-refractivity contribution in [2.45, 2.75) is 6.92 Å². The first-order valence-corrected chi connectivity index (χ1v) is 8.82. The van der Waals surface area contributed by atoms with Crippen LogP contribution in [-0.4, -0.2) is 18.3 Å². The Labute approximate surface area is 167 Å². The van der Waals surface area contributed by atoms with E-state index in [-0.39, 0.29) is 22.5 Å². The summed E-state index contributed by atoms with van der Waals surface area (Å²) in [5.74, 6) is 1.21. The third kappa shape index (κ3) is 3.50. The maximum Gasteiger partial charge on any atom is 0.275 e. The number of methoxy groups -OCH3 is 1. The summed E-state index contributed by atoms with van der Waals surface area (Å²) < 4.78 is 11.7. The van der Waals surface area contributed by atoms with E-state index in [1.807, 2.05) is 19.1 Å². The van der Waals surface area contributed by atoms with Gasteiger partial charge in [-0.3, -0.25) is 9.36 Å². The van der Waals surface area contributed by atoms with E-state index in [1.165, 1.54) is 7.11 Å². The maximum absolute atomic E-state index is 13.1. The van der Waals surface area contributed by atoms with E-state index in [0.717, 1.165) is 4.57 Å². The number of hydrogen-bond acceptors (Lipinski definition) is 6. The van der Waals surface area contributed by atoms with Crippen molar-refractivity contribution in [2.24, 2.45) is 0 Å². The molecule has 0 aliphatic carbocycles. The number of benzene rings is 2. The largest absolute Gasteiger partial charge is 0.497 e. The molecule has 144 valence electrons. The lowest BCUT2D eigenvalue weighted by Gasteiger charge is -2.16. The highest BCUT2D eigenvalue weighted by atomic mass is 16.5. The standard InChI is InChI=1S/C22H18N4O3/c1-3-29-17-8-4-14(5-9-17)20-18(12-23)21(25)26(22(27)19(20)13-24)15-6-10-16(28-2)11-7-15/h4-11H,3,25H2,1-2H3. The van der Waals surface area contributed by atoms with Gasteiger partial charge in [0.05, 0.1) is 19.4 Å². The van der Waals surface area contributed by atoms with Gasteiger partial charge in [0.25, 0.3) is 5.56 Å². The van der Waals surface area contributed by atoms with Crippen LogP contribution >= 0.6 is 0 Å². The second-order valence-corrected chi connectivity index (χ2v) is 6.03. The molecule has 2 aromatic carbocycles. The highest BCUT2D eigenvalue weighted by Crippen LogP contribution is 2.31. The Morgan fingerprint density at radius 3 is 2.07 bits per heavy atom. The number of nitrogens with zero attached hydrogens (tertiary/aromatic N) is 3. The number of hydrogen-bond donors (Lipinski definition) is 1. The Balaban J connectivity index is 2.28. The monoisotopic (exact) mass is 386 g/mol. The number of pyridine rings is 1. The summed E-state index contributed by atoms with van der Waals surface area (Å²) in [4.78, 5) is 13.1. The predicted octanol–water partition coefficient (Wildman–Crippen LogP) is 3.24. The van der Waals surface area contributed by atoms with Gasteiger partial charge in [-0.05, 0) is 48.9 Å². The summed E-state index contributed by atoms with van der Waals surface area (Å²) in [6.07, 6.45) is 0. The Bertz CT molecular complexity index is 1180. The molecule has 0 spiro atoms. The van der Waals surface area contributed by atoms with Gasteiger partial charge < -0.3 is 15.2 Å². The first-order chi connectivity index (χ1) is 14.0. The predicted molar refractivity (Wildman–Crippen MR) is 109 cm³/mol. The molecule has 2 N–H and O–H groups in total. The molecule has 0 bridgehead atoms. The third-order valence-corrected chi connectivity index (χ3v) is 4.42. The van der Waals surface area contributed by atoms with E-state index >= 15 is 0 Å². The summed E-state index contributed by atoms with van der Waals surface area (Å²) in [7, 11) is 1.53. The zero-order valence-electron chi connectivity index (χ0n) is 16.0. The molecule has 0 aliphatic heterocycles. The normalized spacial score (nSPS) is 10.1. The van der Waals surface area contributed by atoms with Gasteiger partial charge in [0.2, 0.25) is 0 Å². The van der Waals surface area contributed by atoms with Crippen LogP contribution in [-0.2, 0) is 0 Å². The molecule has 7 nitrogen and oxygen atoms in total. The fourth-order valence-electron chi connectivity index (χ4n) is 3.07. The number of nitrogens with two attached hydrogens (primary N) is 1.